The van der Waals surface area contributed by atoms with Gasteiger partial charge in [-0.2, -0.15) is 4.99 Å². The number of nitrogens with one attached hydrogen (secondary N) is 1. The van der Waals surface area contributed by atoms with E-state index in [0.717, 1.165) is 12.0 Å². The molecule has 0 aromatic heterocycles. The van der Waals surface area contributed by atoms with Crippen LogP contribution in [-0.2, 0) is 6.42 Å². The Morgan fingerprint density at radius 3 is 2.44 bits per heavy atom. The van der Waals surface area contributed by atoms with Gasteiger partial charge >= 0.3 is 0 Å². The molecule has 0 aliphatic heterocycles. The van der Waals surface area contributed by atoms with Gasteiger partial charge in [-0.15, -0.1) is 0 Å². The maximum Gasteiger partial charge on any atom is 0.235 e. The molecule has 0 heterocycles. The Balaban J connectivity index is 2.44. The summed E-state index contributed by atoms with van der Waals surface area (Å²) in [7, 11) is 0. The number of hydrazine groups is 1. The minimum absolute atomic E-state index is 0.143. The lowest BCUT2D eigenvalue weighted by Crippen LogP contribution is -2.39. The van der Waals surface area contributed by atoms with Gasteiger partial charge in [-0.1, -0.05) is 30.3 Å². The predicted molar refractivity (Wildman–Crippen MR) is 64.6 cm³/mol. The molecule has 1 aromatic rings. The van der Waals surface area contributed by atoms with Gasteiger partial charge in [-0.05, 0) is 12.0 Å². The first-order chi connectivity index (χ1) is 7.59. The molecule has 0 bridgehead atoms. The van der Waals surface area contributed by atoms with Crippen molar-refractivity contribution in [2.75, 3.05) is 6.54 Å². The zero-order valence-electron chi connectivity index (χ0n) is 8.93. The van der Waals surface area contributed by atoms with Crippen molar-refractivity contribution in [2.24, 2.45) is 22.3 Å². The van der Waals surface area contributed by atoms with E-state index in [9.17, 15) is 0 Å². The first-order valence-corrected chi connectivity index (χ1v) is 4.84. The second kappa shape index (κ2) is 5.72. The fourth-order valence-electron chi connectivity index (χ4n) is 1.19. The van der Waals surface area contributed by atoms with Gasteiger partial charge in [0.15, 0.2) is 5.96 Å². The molecule has 0 spiro atoms. The normalized spacial score (nSPS) is 9.56. The molecule has 1 rings (SSSR count). The Bertz CT molecular complexity index is 368. The van der Waals surface area contributed by atoms with Crippen LogP contribution in [0.1, 0.15) is 5.56 Å². The van der Waals surface area contributed by atoms with Crippen LogP contribution in [0.3, 0.4) is 0 Å². The van der Waals surface area contributed by atoms with E-state index >= 15 is 0 Å². The zero-order chi connectivity index (χ0) is 12.0. The molecule has 6 heteroatoms. The van der Waals surface area contributed by atoms with E-state index in [4.69, 9.17) is 22.7 Å². The molecule has 1 aromatic carbocycles. The average Bonchev–Trinajstić information content (AvgIpc) is 2.26. The van der Waals surface area contributed by atoms with Gasteiger partial charge in [0.25, 0.3) is 0 Å². The standard InChI is InChI=1S/C10H16N6/c11-9(12)15-10(13)16(14)7-6-8-4-2-1-3-5-8/h1-5H,6-7,14H2,(H5,11,12,13,15). The summed E-state index contributed by atoms with van der Waals surface area (Å²) in [5.74, 6) is 5.29. The highest BCUT2D eigenvalue weighted by Crippen LogP contribution is 2.00. The van der Waals surface area contributed by atoms with Crippen LogP contribution in [0, 0.1) is 5.41 Å². The van der Waals surface area contributed by atoms with Crippen LogP contribution >= 0.6 is 0 Å². The van der Waals surface area contributed by atoms with Crippen LogP contribution < -0.4 is 17.3 Å². The fourth-order valence-corrected chi connectivity index (χ4v) is 1.19. The largest absolute Gasteiger partial charge is 0.370 e. The Labute approximate surface area is 94.2 Å². The quantitative estimate of drug-likeness (QED) is 0.240. The van der Waals surface area contributed by atoms with Gasteiger partial charge in [-0.25, -0.2) is 5.84 Å². The summed E-state index contributed by atoms with van der Waals surface area (Å²) in [5, 5.41) is 8.65. The van der Waals surface area contributed by atoms with Gasteiger partial charge in [0.2, 0.25) is 5.96 Å². The number of rotatable bonds is 3. The second-order valence-electron chi connectivity index (χ2n) is 3.29. The molecule has 0 saturated carbocycles. The minimum Gasteiger partial charge on any atom is -0.370 e. The Morgan fingerprint density at radius 1 is 1.25 bits per heavy atom. The maximum absolute atomic E-state index is 7.44. The zero-order valence-corrected chi connectivity index (χ0v) is 8.93. The summed E-state index contributed by atoms with van der Waals surface area (Å²) in [6, 6.07) is 9.86. The molecule has 0 saturated heterocycles. The number of nitrogens with two attached hydrogens (primary N) is 3. The Morgan fingerprint density at radius 2 is 1.88 bits per heavy atom. The van der Waals surface area contributed by atoms with Crippen molar-refractivity contribution in [1.82, 2.24) is 5.01 Å². The highest BCUT2D eigenvalue weighted by molar-refractivity contribution is 5.91. The van der Waals surface area contributed by atoms with E-state index in [-0.39, 0.29) is 11.9 Å². The van der Waals surface area contributed by atoms with Gasteiger partial charge < -0.3 is 11.5 Å². The van der Waals surface area contributed by atoms with Gasteiger partial charge in [0, 0.05) is 6.54 Å². The Hall–Kier alpha value is -2.08. The van der Waals surface area contributed by atoms with Gasteiger partial charge in [0.1, 0.15) is 0 Å². The van der Waals surface area contributed by atoms with E-state index in [1.807, 2.05) is 30.3 Å². The molecule has 0 amide bonds. The lowest BCUT2D eigenvalue weighted by molar-refractivity contribution is 0.436. The van der Waals surface area contributed by atoms with Gasteiger partial charge in [-0.3, -0.25) is 10.4 Å². The molecule has 6 nitrogen and oxygen atoms in total. The van der Waals surface area contributed by atoms with E-state index < -0.39 is 0 Å². The number of benzene rings is 1. The lowest BCUT2D eigenvalue weighted by atomic mass is 10.1. The van der Waals surface area contributed by atoms with E-state index in [0.29, 0.717) is 6.54 Å². The van der Waals surface area contributed by atoms with E-state index in [2.05, 4.69) is 4.99 Å². The summed E-state index contributed by atoms with van der Waals surface area (Å²) in [6.07, 6.45) is 0.736. The van der Waals surface area contributed by atoms with Crippen molar-refractivity contribution < 1.29 is 0 Å². The van der Waals surface area contributed by atoms with Crippen molar-refractivity contribution in [3.63, 3.8) is 0 Å². The van der Waals surface area contributed by atoms with Crippen LogP contribution in [0.15, 0.2) is 35.3 Å². The van der Waals surface area contributed by atoms with Gasteiger partial charge in [0.05, 0.1) is 0 Å². The Kier molecular flexibility index (Phi) is 4.28. The topological polar surface area (TPSA) is 118 Å². The van der Waals surface area contributed by atoms with Crippen LogP contribution in [0.4, 0.5) is 0 Å². The summed E-state index contributed by atoms with van der Waals surface area (Å²) in [6.45, 7) is 0.486. The molecular weight excluding hydrogens is 204 g/mol. The molecule has 86 valence electrons. The molecule has 7 N–H and O–H groups in total. The molecular formula is C10H16N6. The van der Waals surface area contributed by atoms with Crippen molar-refractivity contribution >= 4 is 11.9 Å². The van der Waals surface area contributed by atoms with E-state index in [1.54, 1.807) is 0 Å². The number of guanidine groups is 2. The third kappa shape index (κ3) is 3.97. The van der Waals surface area contributed by atoms with Crippen molar-refractivity contribution in [1.29, 1.82) is 5.41 Å². The fraction of sp³-hybridized carbons (Fsp3) is 0.200. The maximum atomic E-state index is 7.44. The average molecular weight is 220 g/mol. The SMILES string of the molecule is N=C(N=C(N)N)N(N)CCc1ccccc1. The molecule has 0 atom stereocenters. The highest BCUT2D eigenvalue weighted by Gasteiger charge is 2.03. The van der Waals surface area contributed by atoms with Crippen molar-refractivity contribution in [3.05, 3.63) is 35.9 Å². The first-order valence-electron chi connectivity index (χ1n) is 4.84. The molecule has 16 heavy (non-hydrogen) atoms. The first kappa shape index (κ1) is 12.0. The third-order valence-electron chi connectivity index (χ3n) is 1.99. The van der Waals surface area contributed by atoms with Crippen LogP contribution in [0.5, 0.6) is 0 Å². The predicted octanol–water partition coefficient (Wildman–Crippen LogP) is -0.387. The number of nitrogens with zero attached hydrogens (tertiary/aromatic N) is 2. The molecule has 0 radical (unpaired) electrons. The monoisotopic (exact) mass is 220 g/mol. The van der Waals surface area contributed by atoms with Crippen molar-refractivity contribution in [3.8, 4) is 0 Å². The summed E-state index contributed by atoms with van der Waals surface area (Å²) < 4.78 is 0. The van der Waals surface area contributed by atoms with E-state index in [1.165, 1.54) is 5.01 Å². The summed E-state index contributed by atoms with van der Waals surface area (Å²) in [5.41, 5.74) is 11.4. The molecule has 0 fully saturated rings. The van der Waals surface area contributed by atoms with Crippen LogP contribution in [0.2, 0.25) is 0 Å². The number of hydrogen-bond acceptors (Lipinski definition) is 2. The number of hydrogen-bond donors (Lipinski definition) is 4. The molecule has 0 unspecified atom stereocenters. The highest BCUT2D eigenvalue weighted by atomic mass is 15.5. The minimum atomic E-state index is -0.167. The van der Waals surface area contributed by atoms with Crippen LogP contribution in [0.25, 0.3) is 0 Å². The molecule has 0 aliphatic carbocycles. The lowest BCUT2D eigenvalue weighted by Gasteiger charge is -2.15. The third-order valence-corrected chi connectivity index (χ3v) is 1.99. The summed E-state index contributed by atoms with van der Waals surface area (Å²) >= 11 is 0. The summed E-state index contributed by atoms with van der Waals surface area (Å²) in [4.78, 5) is 3.55. The van der Waals surface area contributed by atoms with Crippen molar-refractivity contribution in [2.45, 2.75) is 6.42 Å². The molecule has 0 aliphatic rings. The smallest absolute Gasteiger partial charge is 0.235 e. The number of aliphatic imine (C=N–C) groups is 1. The second-order valence-corrected chi connectivity index (χ2v) is 3.29. The van der Waals surface area contributed by atoms with Crippen LogP contribution in [-0.4, -0.2) is 23.5 Å².